The third kappa shape index (κ3) is 3.98. The second-order valence-electron chi connectivity index (χ2n) is 7.21. The lowest BCUT2D eigenvalue weighted by atomic mass is 9.99. The number of nitrogens with one attached hydrogen (secondary N) is 1. The molecule has 1 aliphatic carbocycles. The zero-order valence-electron chi connectivity index (χ0n) is 14.3. The lowest BCUT2D eigenvalue weighted by Crippen LogP contribution is -2.43. The third-order valence-electron chi connectivity index (χ3n) is 5.30. The molecule has 1 saturated carbocycles. The average molecular weight is 295 g/mol. The van der Waals surface area contributed by atoms with Crippen molar-refractivity contribution in [1.82, 2.24) is 15.1 Å². The van der Waals surface area contributed by atoms with Gasteiger partial charge in [0, 0.05) is 6.54 Å². The molecule has 1 amide bonds. The Hall–Kier alpha value is -0.610. The van der Waals surface area contributed by atoms with Crippen LogP contribution in [0.3, 0.4) is 0 Å². The Morgan fingerprint density at radius 3 is 2.57 bits per heavy atom. The first-order valence-electron chi connectivity index (χ1n) is 8.75. The van der Waals surface area contributed by atoms with Crippen LogP contribution >= 0.6 is 0 Å². The first kappa shape index (κ1) is 16.8. The fraction of sp³-hybridized carbons (Fsp3) is 0.941. The molecule has 0 aromatic heterocycles. The Morgan fingerprint density at radius 1 is 1.33 bits per heavy atom. The molecule has 3 unspecified atom stereocenters. The minimum Gasteiger partial charge on any atom is -0.325 e. The van der Waals surface area contributed by atoms with Gasteiger partial charge in [-0.2, -0.15) is 0 Å². The van der Waals surface area contributed by atoms with E-state index < -0.39 is 0 Å². The van der Waals surface area contributed by atoms with E-state index in [2.05, 4.69) is 43.1 Å². The van der Waals surface area contributed by atoms with Gasteiger partial charge in [0.2, 0.25) is 5.91 Å². The topological polar surface area (TPSA) is 35.6 Å². The van der Waals surface area contributed by atoms with Crippen LogP contribution in [0.1, 0.15) is 52.4 Å². The summed E-state index contributed by atoms with van der Waals surface area (Å²) in [6.45, 7) is 6.33. The molecule has 4 heteroatoms. The van der Waals surface area contributed by atoms with Crippen LogP contribution in [0.2, 0.25) is 0 Å². The summed E-state index contributed by atoms with van der Waals surface area (Å²) in [5, 5.41) is 3.68. The predicted octanol–water partition coefficient (Wildman–Crippen LogP) is 2.30. The Kier molecular flexibility index (Phi) is 6.06. The number of rotatable bonds is 7. The van der Waals surface area contributed by atoms with Crippen molar-refractivity contribution in [2.24, 2.45) is 11.8 Å². The van der Waals surface area contributed by atoms with Crippen molar-refractivity contribution in [2.45, 2.75) is 64.6 Å². The highest BCUT2D eigenvalue weighted by Gasteiger charge is 2.44. The van der Waals surface area contributed by atoms with E-state index in [0.29, 0.717) is 23.9 Å². The Morgan fingerprint density at radius 2 is 2.00 bits per heavy atom. The maximum atomic E-state index is 12.8. The van der Waals surface area contributed by atoms with Gasteiger partial charge in [-0.1, -0.05) is 33.1 Å². The second-order valence-corrected chi connectivity index (χ2v) is 7.21. The lowest BCUT2D eigenvalue weighted by molar-refractivity contribution is -0.131. The third-order valence-corrected chi connectivity index (χ3v) is 5.30. The zero-order valence-corrected chi connectivity index (χ0v) is 14.3. The average Bonchev–Trinajstić information content (AvgIpc) is 3.07. The molecule has 0 aromatic rings. The normalized spacial score (nSPS) is 28.8. The van der Waals surface area contributed by atoms with Gasteiger partial charge in [-0.15, -0.1) is 0 Å². The van der Waals surface area contributed by atoms with Crippen LogP contribution in [0.5, 0.6) is 0 Å². The SMILES string of the molecule is CCC(C)C1NC(C2CCCC2)N(CCCN(C)C)C1=O. The van der Waals surface area contributed by atoms with Crippen LogP contribution in [0.4, 0.5) is 0 Å². The summed E-state index contributed by atoms with van der Waals surface area (Å²) in [4.78, 5) is 17.2. The van der Waals surface area contributed by atoms with Crippen molar-refractivity contribution in [2.75, 3.05) is 27.2 Å². The summed E-state index contributed by atoms with van der Waals surface area (Å²) in [7, 11) is 4.20. The zero-order chi connectivity index (χ0) is 15.4. The molecule has 3 atom stereocenters. The predicted molar refractivity (Wildman–Crippen MR) is 87.0 cm³/mol. The van der Waals surface area contributed by atoms with Gasteiger partial charge in [0.25, 0.3) is 0 Å². The van der Waals surface area contributed by atoms with Crippen molar-refractivity contribution < 1.29 is 4.79 Å². The Bertz CT molecular complexity index is 339. The molecule has 1 heterocycles. The Labute approximate surface area is 130 Å². The number of nitrogens with zero attached hydrogens (tertiary/aromatic N) is 2. The number of amides is 1. The molecule has 0 radical (unpaired) electrons. The standard InChI is InChI=1S/C17H33N3O/c1-5-13(2)15-17(21)20(12-8-11-19(3)4)16(18-15)14-9-6-7-10-14/h13-16,18H,5-12H2,1-4H3. The van der Waals surface area contributed by atoms with E-state index in [1.54, 1.807) is 0 Å². The van der Waals surface area contributed by atoms with Crippen molar-refractivity contribution >= 4 is 5.91 Å². The van der Waals surface area contributed by atoms with Crippen LogP contribution in [-0.4, -0.2) is 55.1 Å². The summed E-state index contributed by atoms with van der Waals surface area (Å²) in [5.41, 5.74) is 0. The molecular formula is C17H33N3O. The lowest BCUT2D eigenvalue weighted by Gasteiger charge is -2.29. The minimum absolute atomic E-state index is 0.0416. The molecule has 2 fully saturated rings. The van der Waals surface area contributed by atoms with Crippen LogP contribution < -0.4 is 5.32 Å². The molecular weight excluding hydrogens is 262 g/mol. The molecule has 21 heavy (non-hydrogen) atoms. The van der Waals surface area contributed by atoms with E-state index >= 15 is 0 Å². The van der Waals surface area contributed by atoms with Crippen molar-refractivity contribution in [3.05, 3.63) is 0 Å². The number of hydrogen-bond acceptors (Lipinski definition) is 3. The van der Waals surface area contributed by atoms with E-state index in [9.17, 15) is 4.79 Å². The first-order valence-corrected chi connectivity index (χ1v) is 8.75. The molecule has 122 valence electrons. The van der Waals surface area contributed by atoms with Gasteiger partial charge >= 0.3 is 0 Å². The number of carbonyl (C=O) groups excluding carboxylic acids is 1. The van der Waals surface area contributed by atoms with Gasteiger partial charge in [-0.3, -0.25) is 10.1 Å². The van der Waals surface area contributed by atoms with Gasteiger partial charge in [-0.25, -0.2) is 0 Å². The van der Waals surface area contributed by atoms with Gasteiger partial charge in [0.05, 0.1) is 12.2 Å². The largest absolute Gasteiger partial charge is 0.325 e. The molecule has 2 aliphatic rings. The highest BCUT2D eigenvalue weighted by atomic mass is 16.2. The summed E-state index contributed by atoms with van der Waals surface area (Å²) in [5.74, 6) is 1.45. The molecule has 1 N–H and O–H groups in total. The van der Waals surface area contributed by atoms with Crippen LogP contribution in [0.25, 0.3) is 0 Å². The first-order chi connectivity index (χ1) is 10.0. The highest BCUT2D eigenvalue weighted by molar-refractivity contribution is 5.84. The molecule has 4 nitrogen and oxygen atoms in total. The fourth-order valence-electron chi connectivity index (χ4n) is 3.77. The quantitative estimate of drug-likeness (QED) is 0.783. The summed E-state index contributed by atoms with van der Waals surface area (Å²) >= 11 is 0. The minimum atomic E-state index is 0.0416. The van der Waals surface area contributed by atoms with Crippen molar-refractivity contribution in [3.8, 4) is 0 Å². The molecule has 1 aliphatic heterocycles. The summed E-state index contributed by atoms with van der Waals surface area (Å²) in [6.07, 6.45) is 7.64. The summed E-state index contributed by atoms with van der Waals surface area (Å²) < 4.78 is 0. The van der Waals surface area contributed by atoms with E-state index in [0.717, 1.165) is 25.9 Å². The number of carbonyl (C=O) groups is 1. The van der Waals surface area contributed by atoms with Crippen molar-refractivity contribution in [1.29, 1.82) is 0 Å². The van der Waals surface area contributed by atoms with E-state index in [1.807, 2.05) is 0 Å². The fourth-order valence-corrected chi connectivity index (χ4v) is 3.77. The van der Waals surface area contributed by atoms with Crippen LogP contribution in [-0.2, 0) is 4.79 Å². The molecule has 0 aromatic carbocycles. The second kappa shape index (κ2) is 7.59. The van der Waals surface area contributed by atoms with Gasteiger partial charge in [-0.05, 0) is 51.7 Å². The molecule has 0 spiro atoms. The summed E-state index contributed by atoms with van der Waals surface area (Å²) in [6, 6.07) is 0.0416. The van der Waals surface area contributed by atoms with Crippen LogP contribution in [0, 0.1) is 11.8 Å². The molecule has 2 rings (SSSR count). The van der Waals surface area contributed by atoms with E-state index in [-0.39, 0.29) is 6.04 Å². The molecule has 1 saturated heterocycles. The van der Waals surface area contributed by atoms with Gasteiger partial charge in [0.1, 0.15) is 0 Å². The smallest absolute Gasteiger partial charge is 0.241 e. The van der Waals surface area contributed by atoms with Crippen molar-refractivity contribution in [3.63, 3.8) is 0 Å². The highest BCUT2D eigenvalue weighted by Crippen LogP contribution is 2.33. The van der Waals surface area contributed by atoms with Gasteiger partial charge < -0.3 is 9.80 Å². The number of hydrogen-bond donors (Lipinski definition) is 1. The van der Waals surface area contributed by atoms with Crippen LogP contribution in [0.15, 0.2) is 0 Å². The van der Waals surface area contributed by atoms with Gasteiger partial charge in [0.15, 0.2) is 0 Å². The monoisotopic (exact) mass is 295 g/mol. The van der Waals surface area contributed by atoms with E-state index in [1.165, 1.54) is 25.7 Å². The Balaban J connectivity index is 2.02. The van der Waals surface area contributed by atoms with E-state index in [4.69, 9.17) is 0 Å². The maximum absolute atomic E-state index is 12.8. The maximum Gasteiger partial charge on any atom is 0.241 e. The molecule has 0 bridgehead atoms.